The van der Waals surface area contributed by atoms with Crippen molar-refractivity contribution in [3.05, 3.63) is 59.7 Å². The van der Waals surface area contributed by atoms with Crippen LogP contribution in [0.2, 0.25) is 0 Å². The van der Waals surface area contributed by atoms with E-state index in [1.165, 1.54) is 6.21 Å². The second-order valence-electron chi connectivity index (χ2n) is 6.50. The van der Waals surface area contributed by atoms with Crippen LogP contribution in [-0.2, 0) is 16.1 Å². The van der Waals surface area contributed by atoms with E-state index < -0.39 is 5.92 Å². The zero-order valence-corrected chi connectivity index (χ0v) is 15.9. The number of nitrogens with zero attached hydrogens (tertiary/aromatic N) is 2. The molecule has 0 bridgehead atoms. The quantitative estimate of drug-likeness (QED) is 0.589. The van der Waals surface area contributed by atoms with Gasteiger partial charge in [0.15, 0.2) is 0 Å². The molecule has 1 fully saturated rings. The summed E-state index contributed by atoms with van der Waals surface area (Å²) in [7, 11) is 3.13. The van der Waals surface area contributed by atoms with Crippen LogP contribution in [0.15, 0.2) is 53.6 Å². The Labute approximate surface area is 163 Å². The summed E-state index contributed by atoms with van der Waals surface area (Å²) in [5.41, 5.74) is 4.27. The fraction of sp³-hybridized carbons (Fsp3) is 0.286. The molecular formula is C21H23N3O4. The highest BCUT2D eigenvalue weighted by molar-refractivity contribution is 5.90. The lowest BCUT2D eigenvalue weighted by Gasteiger charge is -2.16. The van der Waals surface area contributed by atoms with Gasteiger partial charge in [-0.05, 0) is 17.7 Å². The normalized spacial score (nSPS) is 16.4. The van der Waals surface area contributed by atoms with Gasteiger partial charge in [0, 0.05) is 31.1 Å². The fourth-order valence-electron chi connectivity index (χ4n) is 3.09. The summed E-state index contributed by atoms with van der Waals surface area (Å²) >= 11 is 0. The Kier molecular flexibility index (Phi) is 6.26. The van der Waals surface area contributed by atoms with E-state index in [2.05, 4.69) is 10.5 Å². The third-order valence-corrected chi connectivity index (χ3v) is 4.62. The molecule has 2 amide bonds. The summed E-state index contributed by atoms with van der Waals surface area (Å²) in [5.74, 6) is 0.548. The van der Waals surface area contributed by atoms with Crippen LogP contribution in [0.1, 0.15) is 17.5 Å². The second kappa shape index (κ2) is 9.03. The Hall–Kier alpha value is -3.35. The summed E-state index contributed by atoms with van der Waals surface area (Å²) in [5, 5.41) is 4.01. The second-order valence-corrected chi connectivity index (χ2v) is 6.50. The van der Waals surface area contributed by atoms with Crippen molar-refractivity contribution in [2.24, 2.45) is 11.0 Å². The molecule has 0 aliphatic carbocycles. The predicted molar refractivity (Wildman–Crippen MR) is 105 cm³/mol. The van der Waals surface area contributed by atoms with Gasteiger partial charge in [0.05, 0.1) is 26.4 Å². The average Bonchev–Trinajstić information content (AvgIpc) is 3.09. The van der Waals surface area contributed by atoms with Crippen LogP contribution in [0.25, 0.3) is 0 Å². The highest BCUT2D eigenvalue weighted by atomic mass is 16.5. The summed E-state index contributed by atoms with van der Waals surface area (Å²) in [6, 6.07) is 15.0. The van der Waals surface area contributed by atoms with Crippen LogP contribution in [0, 0.1) is 5.92 Å². The summed E-state index contributed by atoms with van der Waals surface area (Å²) in [4.78, 5) is 26.3. The first-order valence-corrected chi connectivity index (χ1v) is 8.97. The molecule has 1 heterocycles. The molecule has 1 saturated heterocycles. The smallest absolute Gasteiger partial charge is 0.245 e. The minimum Gasteiger partial charge on any atom is -0.497 e. The maximum absolute atomic E-state index is 12.4. The monoisotopic (exact) mass is 381 g/mol. The first kappa shape index (κ1) is 19.4. The lowest BCUT2D eigenvalue weighted by Crippen LogP contribution is -2.30. The van der Waals surface area contributed by atoms with Crippen LogP contribution in [0.3, 0.4) is 0 Å². The number of carbonyl (C=O) groups excluding carboxylic acids is 2. The molecule has 7 heteroatoms. The Bertz CT molecular complexity index is 867. The molecule has 3 rings (SSSR count). The molecule has 2 aromatic carbocycles. The third kappa shape index (κ3) is 4.68. The van der Waals surface area contributed by atoms with Gasteiger partial charge in [0.1, 0.15) is 11.5 Å². The van der Waals surface area contributed by atoms with E-state index in [4.69, 9.17) is 9.47 Å². The first-order valence-electron chi connectivity index (χ1n) is 8.97. The molecule has 0 radical (unpaired) electrons. The van der Waals surface area contributed by atoms with Crippen molar-refractivity contribution in [3.8, 4) is 11.5 Å². The average molecular weight is 381 g/mol. The van der Waals surface area contributed by atoms with Crippen molar-refractivity contribution in [3.63, 3.8) is 0 Å². The molecular weight excluding hydrogens is 358 g/mol. The van der Waals surface area contributed by atoms with Gasteiger partial charge in [0.2, 0.25) is 11.8 Å². The molecule has 0 spiro atoms. The number of hydrazone groups is 1. The Morgan fingerprint density at radius 1 is 1.21 bits per heavy atom. The van der Waals surface area contributed by atoms with Gasteiger partial charge in [-0.25, -0.2) is 5.43 Å². The van der Waals surface area contributed by atoms with Crippen LogP contribution in [0.4, 0.5) is 0 Å². The molecule has 7 nitrogen and oxygen atoms in total. The predicted octanol–water partition coefficient (Wildman–Crippen LogP) is 2.20. The molecule has 1 aliphatic rings. The minimum atomic E-state index is -0.411. The summed E-state index contributed by atoms with van der Waals surface area (Å²) in [6.45, 7) is 0.900. The van der Waals surface area contributed by atoms with Gasteiger partial charge in [-0.1, -0.05) is 30.3 Å². The van der Waals surface area contributed by atoms with Crippen molar-refractivity contribution in [2.45, 2.75) is 13.0 Å². The van der Waals surface area contributed by atoms with E-state index in [9.17, 15) is 9.59 Å². The Morgan fingerprint density at radius 3 is 2.71 bits per heavy atom. The topological polar surface area (TPSA) is 80.2 Å². The number of methoxy groups -OCH3 is 2. The number of amides is 2. The lowest BCUT2D eigenvalue weighted by molar-refractivity contribution is -0.129. The van der Waals surface area contributed by atoms with E-state index in [1.807, 2.05) is 30.3 Å². The molecule has 0 aromatic heterocycles. The summed E-state index contributed by atoms with van der Waals surface area (Å²) < 4.78 is 10.4. The number of likely N-dealkylation sites (tertiary alicyclic amines) is 1. The van der Waals surface area contributed by atoms with Crippen LogP contribution in [-0.4, -0.2) is 43.7 Å². The zero-order valence-electron chi connectivity index (χ0n) is 15.9. The zero-order chi connectivity index (χ0) is 19.9. The van der Waals surface area contributed by atoms with Gasteiger partial charge in [-0.15, -0.1) is 0 Å². The molecule has 1 unspecified atom stereocenters. The van der Waals surface area contributed by atoms with Gasteiger partial charge in [0.25, 0.3) is 0 Å². The molecule has 0 saturated carbocycles. The van der Waals surface area contributed by atoms with Crippen molar-refractivity contribution >= 4 is 18.0 Å². The van der Waals surface area contributed by atoms with Crippen LogP contribution >= 0.6 is 0 Å². The number of hydrogen-bond acceptors (Lipinski definition) is 5. The maximum Gasteiger partial charge on any atom is 0.245 e. The van der Waals surface area contributed by atoms with Crippen molar-refractivity contribution in [1.82, 2.24) is 10.3 Å². The highest BCUT2D eigenvalue weighted by Gasteiger charge is 2.34. The van der Waals surface area contributed by atoms with Gasteiger partial charge in [-0.3, -0.25) is 9.59 Å². The molecule has 2 aromatic rings. The Morgan fingerprint density at radius 2 is 2.00 bits per heavy atom. The van der Waals surface area contributed by atoms with E-state index in [0.29, 0.717) is 30.2 Å². The van der Waals surface area contributed by atoms with Crippen LogP contribution < -0.4 is 14.9 Å². The largest absolute Gasteiger partial charge is 0.497 e. The van der Waals surface area contributed by atoms with E-state index in [-0.39, 0.29) is 18.2 Å². The molecule has 1 aliphatic heterocycles. The highest BCUT2D eigenvalue weighted by Crippen LogP contribution is 2.23. The number of ether oxygens (including phenoxy) is 2. The van der Waals surface area contributed by atoms with Gasteiger partial charge >= 0.3 is 0 Å². The fourth-order valence-corrected chi connectivity index (χ4v) is 3.09. The lowest BCUT2D eigenvalue weighted by atomic mass is 10.1. The molecule has 1 atom stereocenters. The number of benzene rings is 2. The van der Waals surface area contributed by atoms with Crippen LogP contribution in [0.5, 0.6) is 11.5 Å². The molecule has 146 valence electrons. The van der Waals surface area contributed by atoms with Crippen molar-refractivity contribution in [1.29, 1.82) is 0 Å². The number of nitrogens with one attached hydrogen (secondary N) is 1. The number of hydrogen-bond donors (Lipinski definition) is 1. The van der Waals surface area contributed by atoms with E-state index in [0.717, 1.165) is 5.56 Å². The maximum atomic E-state index is 12.4. The Balaban J connectivity index is 1.57. The van der Waals surface area contributed by atoms with Crippen molar-refractivity contribution < 1.29 is 19.1 Å². The number of rotatable bonds is 7. The summed E-state index contributed by atoms with van der Waals surface area (Å²) in [6.07, 6.45) is 1.70. The first-order chi connectivity index (χ1) is 13.6. The molecule has 28 heavy (non-hydrogen) atoms. The molecule has 1 N–H and O–H groups in total. The van der Waals surface area contributed by atoms with E-state index in [1.54, 1.807) is 37.3 Å². The van der Waals surface area contributed by atoms with Crippen molar-refractivity contribution in [2.75, 3.05) is 20.8 Å². The van der Waals surface area contributed by atoms with Gasteiger partial charge < -0.3 is 14.4 Å². The standard InChI is InChI=1S/C21H23N3O4/c1-27-18-9-8-16(19(11-18)28-2)12-22-23-21(26)17-10-20(25)24(14-17)13-15-6-4-3-5-7-15/h3-9,11-12,17H,10,13-14H2,1-2H3,(H,23,26)/b22-12+. The SMILES string of the molecule is COc1ccc(/C=N/NC(=O)C2CC(=O)N(Cc3ccccc3)C2)c(OC)c1. The van der Waals surface area contributed by atoms with Gasteiger partial charge in [-0.2, -0.15) is 5.10 Å². The number of carbonyl (C=O) groups is 2. The van der Waals surface area contributed by atoms with E-state index >= 15 is 0 Å². The minimum absolute atomic E-state index is 0.0233. The third-order valence-electron chi connectivity index (χ3n) is 4.62.